The van der Waals surface area contributed by atoms with Crippen molar-refractivity contribution in [2.24, 2.45) is 0 Å². The molecule has 0 radical (unpaired) electrons. The first kappa shape index (κ1) is 32.2. The fourth-order valence-electron chi connectivity index (χ4n) is 3.74. The Morgan fingerprint density at radius 3 is 1.38 bits per heavy atom. The number of fused-ring (bicyclic) bond motifs is 2. The van der Waals surface area contributed by atoms with Crippen LogP contribution in [0.3, 0.4) is 0 Å². The van der Waals surface area contributed by atoms with Gasteiger partial charge < -0.3 is 40.6 Å². The Hall–Kier alpha value is -4.87. The van der Waals surface area contributed by atoms with Crippen molar-refractivity contribution in [3.05, 3.63) is 140 Å². The molecular weight excluding hydrogens is 553 g/mol. The molecule has 204 valence electrons. The van der Waals surface area contributed by atoms with Gasteiger partial charge in [0.05, 0.1) is 16.7 Å². The zero-order valence-corrected chi connectivity index (χ0v) is 21.5. The Morgan fingerprint density at radius 1 is 0.667 bits per heavy atom. The molecule has 0 bridgehead atoms. The van der Waals surface area contributed by atoms with E-state index in [1.54, 1.807) is 0 Å². The summed E-state index contributed by atoms with van der Waals surface area (Å²) in [5.41, 5.74) is 1.28. The van der Waals surface area contributed by atoms with Crippen LogP contribution in [0.4, 0.5) is 11.6 Å². The zero-order valence-electron chi connectivity index (χ0n) is 20.5. The van der Waals surface area contributed by atoms with Gasteiger partial charge in [-0.3, -0.25) is 0 Å². The number of anilines is 2. The number of nitrogens with zero attached hydrogens (tertiary/aromatic N) is 5. The number of pyridine rings is 2. The second-order valence-electron chi connectivity index (χ2n) is 7.21. The number of aliphatic hydroxyl groups excluding tert-OH is 1. The number of hydrogen-bond donors (Lipinski definition) is 1. The van der Waals surface area contributed by atoms with Crippen LogP contribution in [0.5, 0.6) is 0 Å². The predicted octanol–water partition coefficient (Wildman–Crippen LogP) is 5.25. The topological polar surface area (TPSA) is 182 Å². The van der Waals surface area contributed by atoms with Crippen molar-refractivity contribution in [2.45, 2.75) is 6.54 Å². The van der Waals surface area contributed by atoms with E-state index in [1.165, 1.54) is 27.1 Å². The van der Waals surface area contributed by atoms with E-state index in [4.69, 9.17) is 35.7 Å². The SMILES string of the molecule is CO.O=[N+]([O-])[O-].O=[N+]([O-])[O-].[Ni+2].c1ccc(N(Cc2c3ccccc3cc3ccccc23)c2ccccn2)nc1. The minimum Gasteiger partial charge on any atom is -0.400 e. The van der Waals surface area contributed by atoms with Gasteiger partial charge in [-0.15, -0.1) is 0 Å². The number of aliphatic hydroxyl groups is 1. The molecule has 0 aliphatic carbocycles. The number of aromatic nitrogens is 2. The molecule has 5 rings (SSSR count). The summed E-state index contributed by atoms with van der Waals surface area (Å²) in [6.45, 7) is 0.690. The van der Waals surface area contributed by atoms with E-state index < -0.39 is 10.2 Å². The van der Waals surface area contributed by atoms with Crippen LogP contribution in [-0.4, -0.2) is 32.4 Å². The third kappa shape index (κ3) is 9.84. The molecule has 2 heterocycles. The molecule has 0 aliphatic rings. The number of benzene rings is 3. The standard InChI is InChI=1S/C25H19N3.CH4O.2NO3.Ni/c1-3-11-21-19(9-1)17-20-10-2-4-12-22(20)23(21)18-28(24-13-5-7-15-26-24)25-14-6-8-16-27-25;1-2;2*2-1(3)4;/h1-17H,18H2;2H,1H3;;;/q;;2*-1;+2. The summed E-state index contributed by atoms with van der Waals surface area (Å²) >= 11 is 0. The van der Waals surface area contributed by atoms with E-state index in [2.05, 4.69) is 69.5 Å². The summed E-state index contributed by atoms with van der Waals surface area (Å²) in [6.07, 6.45) is 3.65. The molecule has 2 aromatic heterocycles. The Labute approximate surface area is 232 Å². The minimum atomic E-state index is -1.75. The second kappa shape index (κ2) is 16.8. The fraction of sp³-hybridized carbons (Fsp3) is 0.0769. The summed E-state index contributed by atoms with van der Waals surface area (Å²) in [7, 11) is 1.00. The molecule has 0 amide bonds. The molecular formula is C26H23N5NiO7. The summed E-state index contributed by atoms with van der Waals surface area (Å²) in [6, 6.07) is 31.4. The molecule has 0 saturated carbocycles. The third-order valence-electron chi connectivity index (χ3n) is 5.05. The van der Waals surface area contributed by atoms with Gasteiger partial charge in [0, 0.05) is 19.5 Å². The van der Waals surface area contributed by atoms with Gasteiger partial charge in [-0.05, 0) is 57.4 Å². The van der Waals surface area contributed by atoms with Crippen molar-refractivity contribution < 1.29 is 31.8 Å². The molecule has 13 heteroatoms. The Morgan fingerprint density at radius 2 is 1.03 bits per heavy atom. The van der Waals surface area contributed by atoms with Crippen LogP contribution < -0.4 is 4.90 Å². The predicted molar refractivity (Wildman–Crippen MR) is 145 cm³/mol. The zero-order chi connectivity index (χ0) is 27.9. The average Bonchev–Trinajstić information content (AvgIpc) is 2.92. The normalized spacial score (nSPS) is 9.28. The smallest absolute Gasteiger partial charge is 0.400 e. The van der Waals surface area contributed by atoms with E-state index in [0.717, 1.165) is 18.7 Å². The van der Waals surface area contributed by atoms with E-state index in [-0.39, 0.29) is 16.5 Å². The molecule has 0 aliphatic heterocycles. The van der Waals surface area contributed by atoms with Gasteiger partial charge in [-0.25, -0.2) is 9.97 Å². The first-order valence-corrected chi connectivity index (χ1v) is 10.9. The maximum atomic E-state index is 8.25. The summed E-state index contributed by atoms with van der Waals surface area (Å²) in [4.78, 5) is 27.9. The molecule has 0 spiro atoms. The van der Waals surface area contributed by atoms with Gasteiger partial charge in [-0.1, -0.05) is 60.7 Å². The van der Waals surface area contributed by atoms with Crippen molar-refractivity contribution >= 4 is 33.2 Å². The van der Waals surface area contributed by atoms with E-state index >= 15 is 0 Å². The molecule has 12 nitrogen and oxygen atoms in total. The van der Waals surface area contributed by atoms with Crippen molar-refractivity contribution in [3.8, 4) is 0 Å². The van der Waals surface area contributed by atoms with Crippen LogP contribution in [0.15, 0.2) is 103 Å². The van der Waals surface area contributed by atoms with Crippen LogP contribution in [0.2, 0.25) is 0 Å². The van der Waals surface area contributed by atoms with Crippen molar-refractivity contribution in [1.29, 1.82) is 0 Å². The van der Waals surface area contributed by atoms with E-state index in [0.29, 0.717) is 6.54 Å². The monoisotopic (exact) mass is 575 g/mol. The summed E-state index contributed by atoms with van der Waals surface area (Å²) in [5, 5.41) is 41.5. The number of hydrogen-bond acceptors (Lipinski definition) is 10. The second-order valence-corrected chi connectivity index (χ2v) is 7.21. The molecule has 39 heavy (non-hydrogen) atoms. The number of rotatable bonds is 4. The Bertz CT molecular complexity index is 1350. The maximum absolute atomic E-state index is 8.25. The van der Waals surface area contributed by atoms with Crippen molar-refractivity contribution in [3.63, 3.8) is 0 Å². The Balaban J connectivity index is 0.000000606. The molecule has 0 saturated heterocycles. The van der Waals surface area contributed by atoms with Gasteiger partial charge in [-0.2, -0.15) is 0 Å². The molecule has 0 atom stereocenters. The van der Waals surface area contributed by atoms with Gasteiger partial charge >= 0.3 is 16.5 Å². The van der Waals surface area contributed by atoms with E-state index in [1.807, 2.05) is 48.8 Å². The van der Waals surface area contributed by atoms with Crippen LogP contribution in [0.1, 0.15) is 5.56 Å². The van der Waals surface area contributed by atoms with Crippen molar-refractivity contribution in [1.82, 2.24) is 9.97 Å². The van der Waals surface area contributed by atoms with Gasteiger partial charge in [0.15, 0.2) is 0 Å². The Kier molecular flexibility index (Phi) is 13.9. The molecule has 1 N–H and O–H groups in total. The summed E-state index contributed by atoms with van der Waals surface area (Å²) < 4.78 is 0. The average molecular weight is 576 g/mol. The molecule has 3 aromatic carbocycles. The van der Waals surface area contributed by atoms with E-state index in [9.17, 15) is 0 Å². The van der Waals surface area contributed by atoms with Crippen LogP contribution >= 0.6 is 0 Å². The van der Waals surface area contributed by atoms with Gasteiger partial charge in [0.2, 0.25) is 0 Å². The molecule has 0 unspecified atom stereocenters. The van der Waals surface area contributed by atoms with Crippen LogP contribution in [-0.2, 0) is 23.0 Å². The van der Waals surface area contributed by atoms with Crippen LogP contribution in [0.25, 0.3) is 21.5 Å². The largest absolute Gasteiger partial charge is 2.00 e. The summed E-state index contributed by atoms with van der Waals surface area (Å²) in [5.74, 6) is 1.77. The van der Waals surface area contributed by atoms with Crippen LogP contribution in [0, 0.1) is 30.6 Å². The molecule has 5 aromatic rings. The fourth-order valence-corrected chi connectivity index (χ4v) is 3.74. The van der Waals surface area contributed by atoms with Crippen molar-refractivity contribution in [2.75, 3.05) is 12.0 Å². The minimum absolute atomic E-state index is 0. The molecule has 0 fully saturated rings. The third-order valence-corrected chi connectivity index (χ3v) is 5.05. The first-order chi connectivity index (χ1) is 18.4. The van der Waals surface area contributed by atoms with Gasteiger partial charge in [0.1, 0.15) is 11.6 Å². The first-order valence-electron chi connectivity index (χ1n) is 10.9. The maximum Gasteiger partial charge on any atom is 2.00 e. The quantitative estimate of drug-likeness (QED) is 0.128. The van der Waals surface area contributed by atoms with Gasteiger partial charge in [0.25, 0.3) is 0 Å².